The second-order valence-electron chi connectivity index (χ2n) is 5.56. The van der Waals surface area contributed by atoms with Crippen LogP contribution in [-0.2, 0) is 4.79 Å². The highest BCUT2D eigenvalue weighted by atomic mass is 16.2. The van der Waals surface area contributed by atoms with Crippen LogP contribution in [0.25, 0.3) is 0 Å². The van der Waals surface area contributed by atoms with Crippen LogP contribution >= 0.6 is 0 Å². The van der Waals surface area contributed by atoms with Crippen molar-refractivity contribution in [2.45, 2.75) is 57.9 Å². The summed E-state index contributed by atoms with van der Waals surface area (Å²) in [6.07, 6.45) is 8.33. The van der Waals surface area contributed by atoms with Gasteiger partial charge in [0.25, 0.3) is 0 Å². The first-order valence-corrected chi connectivity index (χ1v) is 7.33. The molecule has 2 aliphatic rings. The Balaban J connectivity index is 1.81. The maximum Gasteiger partial charge on any atom is 0.225 e. The first kappa shape index (κ1) is 12.9. The molecule has 1 saturated heterocycles. The molecule has 98 valence electrons. The van der Waals surface area contributed by atoms with E-state index in [1.807, 2.05) is 0 Å². The van der Waals surface area contributed by atoms with Gasteiger partial charge in [-0.15, -0.1) is 0 Å². The van der Waals surface area contributed by atoms with Gasteiger partial charge in [-0.3, -0.25) is 4.79 Å². The zero-order valence-corrected chi connectivity index (χ0v) is 11.1. The topological polar surface area (TPSA) is 32.3 Å². The second-order valence-corrected chi connectivity index (χ2v) is 5.56. The number of carbonyl (C=O) groups is 1. The largest absolute Gasteiger partial charge is 0.341 e. The van der Waals surface area contributed by atoms with Crippen molar-refractivity contribution in [3.63, 3.8) is 0 Å². The fourth-order valence-corrected chi connectivity index (χ4v) is 3.12. The van der Waals surface area contributed by atoms with Gasteiger partial charge in [-0.1, -0.05) is 19.8 Å². The number of piperidine rings is 1. The molecular weight excluding hydrogens is 212 g/mol. The SMILES string of the molecule is CCCNC1CCCN(C(=O)C2CCCC2)C1. The summed E-state index contributed by atoms with van der Waals surface area (Å²) < 4.78 is 0. The lowest BCUT2D eigenvalue weighted by Gasteiger charge is -2.34. The van der Waals surface area contributed by atoms with E-state index in [9.17, 15) is 4.79 Å². The zero-order chi connectivity index (χ0) is 12.1. The number of nitrogens with zero attached hydrogens (tertiary/aromatic N) is 1. The number of hydrogen-bond acceptors (Lipinski definition) is 2. The molecule has 1 amide bonds. The second kappa shape index (κ2) is 6.39. The molecule has 1 aliphatic carbocycles. The van der Waals surface area contributed by atoms with Gasteiger partial charge in [0.15, 0.2) is 0 Å². The predicted octanol–water partition coefficient (Wildman–Crippen LogP) is 2.17. The van der Waals surface area contributed by atoms with Crippen molar-refractivity contribution in [3.8, 4) is 0 Å². The molecule has 0 spiro atoms. The number of likely N-dealkylation sites (tertiary alicyclic amines) is 1. The monoisotopic (exact) mass is 238 g/mol. The van der Waals surface area contributed by atoms with Gasteiger partial charge in [-0.25, -0.2) is 0 Å². The minimum Gasteiger partial charge on any atom is -0.341 e. The molecule has 1 saturated carbocycles. The van der Waals surface area contributed by atoms with E-state index in [2.05, 4.69) is 17.1 Å². The summed E-state index contributed by atoms with van der Waals surface area (Å²) in [7, 11) is 0. The van der Waals surface area contributed by atoms with E-state index in [1.165, 1.54) is 32.1 Å². The van der Waals surface area contributed by atoms with Crippen molar-refractivity contribution in [3.05, 3.63) is 0 Å². The Bertz CT molecular complexity index is 249. The normalized spacial score (nSPS) is 26.4. The highest BCUT2D eigenvalue weighted by molar-refractivity contribution is 5.79. The molecule has 1 aliphatic heterocycles. The van der Waals surface area contributed by atoms with Gasteiger partial charge in [0, 0.05) is 25.0 Å². The molecular formula is C14H26N2O. The highest BCUT2D eigenvalue weighted by Crippen LogP contribution is 2.27. The van der Waals surface area contributed by atoms with E-state index in [0.29, 0.717) is 17.9 Å². The Morgan fingerprint density at radius 2 is 2.00 bits per heavy atom. The third-order valence-corrected chi connectivity index (χ3v) is 4.12. The van der Waals surface area contributed by atoms with Crippen molar-refractivity contribution in [1.29, 1.82) is 0 Å². The average molecular weight is 238 g/mol. The molecule has 0 aromatic rings. The van der Waals surface area contributed by atoms with Gasteiger partial charge < -0.3 is 10.2 Å². The first-order valence-electron chi connectivity index (χ1n) is 7.33. The first-order chi connectivity index (χ1) is 8.31. The van der Waals surface area contributed by atoms with Crippen LogP contribution in [0.3, 0.4) is 0 Å². The van der Waals surface area contributed by atoms with Crippen molar-refractivity contribution < 1.29 is 4.79 Å². The number of nitrogens with one attached hydrogen (secondary N) is 1. The van der Waals surface area contributed by atoms with Crippen LogP contribution in [-0.4, -0.2) is 36.5 Å². The van der Waals surface area contributed by atoms with Crippen LogP contribution in [0.5, 0.6) is 0 Å². The summed E-state index contributed by atoms with van der Waals surface area (Å²) >= 11 is 0. The van der Waals surface area contributed by atoms with Gasteiger partial charge in [0.2, 0.25) is 5.91 Å². The van der Waals surface area contributed by atoms with Crippen LogP contribution < -0.4 is 5.32 Å². The molecule has 1 unspecified atom stereocenters. The summed E-state index contributed by atoms with van der Waals surface area (Å²) in [4.78, 5) is 14.4. The summed E-state index contributed by atoms with van der Waals surface area (Å²) in [5.41, 5.74) is 0. The third kappa shape index (κ3) is 3.44. The molecule has 2 fully saturated rings. The van der Waals surface area contributed by atoms with E-state index in [-0.39, 0.29) is 0 Å². The molecule has 1 N–H and O–H groups in total. The molecule has 3 nitrogen and oxygen atoms in total. The number of amides is 1. The summed E-state index contributed by atoms with van der Waals surface area (Å²) in [6, 6.07) is 0.536. The van der Waals surface area contributed by atoms with Crippen LogP contribution in [0.15, 0.2) is 0 Å². The fraction of sp³-hybridized carbons (Fsp3) is 0.929. The smallest absolute Gasteiger partial charge is 0.225 e. The molecule has 1 atom stereocenters. The number of carbonyl (C=O) groups excluding carboxylic acids is 1. The van der Waals surface area contributed by atoms with E-state index in [4.69, 9.17) is 0 Å². The Kier molecular flexibility index (Phi) is 4.84. The Morgan fingerprint density at radius 1 is 1.24 bits per heavy atom. The molecule has 1 heterocycles. The van der Waals surface area contributed by atoms with Gasteiger partial charge in [-0.2, -0.15) is 0 Å². The van der Waals surface area contributed by atoms with Crippen molar-refractivity contribution in [1.82, 2.24) is 10.2 Å². The van der Waals surface area contributed by atoms with E-state index < -0.39 is 0 Å². The summed E-state index contributed by atoms with van der Waals surface area (Å²) in [5.74, 6) is 0.783. The maximum atomic E-state index is 12.3. The van der Waals surface area contributed by atoms with Crippen molar-refractivity contribution in [2.75, 3.05) is 19.6 Å². The fourth-order valence-electron chi connectivity index (χ4n) is 3.12. The molecule has 17 heavy (non-hydrogen) atoms. The molecule has 0 radical (unpaired) electrons. The van der Waals surface area contributed by atoms with Gasteiger partial charge in [0.05, 0.1) is 0 Å². The Labute approximate surface area is 105 Å². The van der Waals surface area contributed by atoms with E-state index in [1.54, 1.807) is 0 Å². The highest BCUT2D eigenvalue weighted by Gasteiger charge is 2.30. The van der Waals surface area contributed by atoms with Gasteiger partial charge in [-0.05, 0) is 38.6 Å². The Morgan fingerprint density at radius 3 is 2.71 bits per heavy atom. The van der Waals surface area contributed by atoms with Crippen molar-refractivity contribution >= 4 is 5.91 Å². The molecule has 0 aromatic carbocycles. The predicted molar refractivity (Wildman–Crippen MR) is 69.9 cm³/mol. The summed E-state index contributed by atoms with van der Waals surface area (Å²) in [5, 5.41) is 3.55. The minimum atomic E-state index is 0.347. The van der Waals surface area contributed by atoms with Crippen molar-refractivity contribution in [2.24, 2.45) is 5.92 Å². The lowest BCUT2D eigenvalue weighted by atomic mass is 10.0. The van der Waals surface area contributed by atoms with E-state index >= 15 is 0 Å². The lowest BCUT2D eigenvalue weighted by molar-refractivity contribution is -0.136. The molecule has 0 bridgehead atoms. The lowest BCUT2D eigenvalue weighted by Crippen LogP contribution is -2.49. The quantitative estimate of drug-likeness (QED) is 0.814. The van der Waals surface area contributed by atoms with E-state index in [0.717, 1.165) is 32.5 Å². The zero-order valence-electron chi connectivity index (χ0n) is 11.1. The third-order valence-electron chi connectivity index (χ3n) is 4.12. The number of hydrogen-bond donors (Lipinski definition) is 1. The van der Waals surface area contributed by atoms with Crippen LogP contribution in [0.2, 0.25) is 0 Å². The number of rotatable bonds is 4. The molecule has 2 rings (SSSR count). The summed E-state index contributed by atoms with van der Waals surface area (Å²) in [6.45, 7) is 5.20. The molecule has 3 heteroatoms. The van der Waals surface area contributed by atoms with Gasteiger partial charge in [0.1, 0.15) is 0 Å². The average Bonchev–Trinajstić information content (AvgIpc) is 2.89. The van der Waals surface area contributed by atoms with Crippen LogP contribution in [0.4, 0.5) is 0 Å². The molecule has 0 aromatic heterocycles. The van der Waals surface area contributed by atoms with Crippen LogP contribution in [0.1, 0.15) is 51.9 Å². The van der Waals surface area contributed by atoms with Crippen LogP contribution in [0, 0.1) is 5.92 Å². The Hall–Kier alpha value is -0.570. The minimum absolute atomic E-state index is 0.347. The van der Waals surface area contributed by atoms with Gasteiger partial charge >= 0.3 is 0 Å². The maximum absolute atomic E-state index is 12.3. The standard InChI is InChI=1S/C14H26N2O/c1-2-9-15-13-8-5-10-16(11-13)14(17)12-6-3-4-7-12/h12-13,15H,2-11H2,1H3.